The van der Waals surface area contributed by atoms with Gasteiger partial charge in [0.05, 0.1) is 11.6 Å². The molecule has 2 aromatic carbocycles. The van der Waals surface area contributed by atoms with Crippen molar-refractivity contribution in [1.29, 1.82) is 5.26 Å². The summed E-state index contributed by atoms with van der Waals surface area (Å²) < 4.78 is 0. The molecule has 21 heavy (non-hydrogen) atoms. The molecule has 3 aromatic rings. The fourth-order valence-corrected chi connectivity index (χ4v) is 2.27. The van der Waals surface area contributed by atoms with Crippen LogP contribution in [-0.2, 0) is 6.42 Å². The van der Waals surface area contributed by atoms with Crippen LogP contribution in [0.4, 0.5) is 0 Å². The average molecular weight is 275 g/mol. The van der Waals surface area contributed by atoms with Gasteiger partial charge in [-0.25, -0.2) is 0 Å². The van der Waals surface area contributed by atoms with Crippen LogP contribution in [-0.4, -0.2) is 20.2 Å². The molecule has 0 N–H and O–H groups in total. The minimum absolute atomic E-state index is 0.0392. The summed E-state index contributed by atoms with van der Waals surface area (Å²) in [5.74, 6) is 0. The van der Waals surface area contributed by atoms with Gasteiger partial charge in [-0.3, -0.25) is 0 Å². The van der Waals surface area contributed by atoms with E-state index < -0.39 is 0 Å². The summed E-state index contributed by atoms with van der Waals surface area (Å²) in [5, 5.41) is 20.9. The number of rotatable bonds is 4. The molecule has 0 saturated heterocycles. The summed E-state index contributed by atoms with van der Waals surface area (Å²) in [6, 6.07) is 19.8. The first-order valence-corrected chi connectivity index (χ1v) is 6.63. The molecule has 0 amide bonds. The minimum atomic E-state index is -0.0392. The van der Waals surface area contributed by atoms with Gasteiger partial charge in [0.1, 0.15) is 6.04 Å². The van der Waals surface area contributed by atoms with Crippen LogP contribution in [0.2, 0.25) is 0 Å². The van der Waals surface area contributed by atoms with Gasteiger partial charge < -0.3 is 0 Å². The molecule has 1 aromatic heterocycles. The Hall–Kier alpha value is -3.00. The van der Waals surface area contributed by atoms with E-state index >= 15 is 0 Å². The van der Waals surface area contributed by atoms with Crippen LogP contribution in [0, 0.1) is 11.3 Å². The van der Waals surface area contributed by atoms with E-state index in [1.54, 1.807) is 4.80 Å². The number of hydrogen-bond donors (Lipinski definition) is 0. The molecule has 1 heterocycles. The van der Waals surface area contributed by atoms with E-state index in [1.165, 1.54) is 11.9 Å². The predicted octanol–water partition coefficient (Wildman–Crippen LogP) is 2.38. The summed E-state index contributed by atoms with van der Waals surface area (Å²) in [7, 11) is 0. The average Bonchev–Trinajstić information content (AvgIpc) is 3.08. The Kier molecular flexibility index (Phi) is 3.70. The van der Waals surface area contributed by atoms with Crippen LogP contribution < -0.4 is 0 Å². The van der Waals surface area contributed by atoms with Crippen LogP contribution in [0.5, 0.6) is 0 Å². The van der Waals surface area contributed by atoms with Gasteiger partial charge >= 0.3 is 0 Å². The third kappa shape index (κ3) is 2.95. The zero-order valence-corrected chi connectivity index (χ0v) is 11.3. The molecule has 0 aliphatic heterocycles. The Morgan fingerprint density at radius 1 is 1.05 bits per heavy atom. The zero-order chi connectivity index (χ0) is 14.5. The van der Waals surface area contributed by atoms with Crippen molar-refractivity contribution in [3.63, 3.8) is 0 Å². The quantitative estimate of drug-likeness (QED) is 0.733. The fourth-order valence-electron chi connectivity index (χ4n) is 2.27. The predicted molar refractivity (Wildman–Crippen MR) is 77.3 cm³/mol. The molecular weight excluding hydrogens is 262 g/mol. The van der Waals surface area contributed by atoms with Crippen molar-refractivity contribution in [2.75, 3.05) is 0 Å². The maximum absolute atomic E-state index is 8.90. The van der Waals surface area contributed by atoms with E-state index in [0.717, 1.165) is 12.0 Å². The van der Waals surface area contributed by atoms with E-state index in [1.807, 2.05) is 42.5 Å². The Bertz CT molecular complexity index is 727. The molecule has 0 bridgehead atoms. The third-order valence-electron chi connectivity index (χ3n) is 3.34. The number of nitriles is 1. The lowest BCUT2D eigenvalue weighted by Gasteiger charge is -2.16. The van der Waals surface area contributed by atoms with Gasteiger partial charge in [0, 0.05) is 6.42 Å². The van der Waals surface area contributed by atoms with E-state index in [0.29, 0.717) is 5.56 Å². The van der Waals surface area contributed by atoms with E-state index in [9.17, 15) is 0 Å². The van der Waals surface area contributed by atoms with Gasteiger partial charge in [-0.15, -0.1) is 10.2 Å². The van der Waals surface area contributed by atoms with Crippen LogP contribution >= 0.6 is 0 Å². The summed E-state index contributed by atoms with van der Waals surface area (Å²) in [4.78, 5) is 1.61. The standard InChI is InChI=1S/C16H13N5/c17-11-14-6-8-15(9-7-14)16(21-19-12-18-20-21)10-13-4-2-1-3-5-13/h1-9,12,16H,10H2. The van der Waals surface area contributed by atoms with Crippen molar-refractivity contribution < 1.29 is 0 Å². The number of nitrogens with zero attached hydrogens (tertiary/aromatic N) is 5. The summed E-state index contributed by atoms with van der Waals surface area (Å²) >= 11 is 0. The highest BCUT2D eigenvalue weighted by Crippen LogP contribution is 2.21. The first-order chi connectivity index (χ1) is 10.4. The molecule has 0 radical (unpaired) electrons. The number of aromatic nitrogens is 4. The lowest BCUT2D eigenvalue weighted by Crippen LogP contribution is -2.16. The largest absolute Gasteiger partial charge is 0.192 e. The van der Waals surface area contributed by atoms with E-state index in [2.05, 4.69) is 33.6 Å². The van der Waals surface area contributed by atoms with Gasteiger partial charge in [-0.05, 0) is 28.5 Å². The highest BCUT2D eigenvalue weighted by molar-refractivity contribution is 5.33. The Balaban J connectivity index is 1.94. The van der Waals surface area contributed by atoms with Crippen LogP contribution in [0.3, 0.4) is 0 Å². The second-order valence-electron chi connectivity index (χ2n) is 4.70. The zero-order valence-electron chi connectivity index (χ0n) is 11.3. The first-order valence-electron chi connectivity index (χ1n) is 6.63. The van der Waals surface area contributed by atoms with Crippen molar-refractivity contribution in [1.82, 2.24) is 20.2 Å². The van der Waals surface area contributed by atoms with E-state index in [4.69, 9.17) is 5.26 Å². The Morgan fingerprint density at radius 3 is 2.43 bits per heavy atom. The topological polar surface area (TPSA) is 67.4 Å². The fraction of sp³-hybridized carbons (Fsp3) is 0.125. The van der Waals surface area contributed by atoms with Crippen molar-refractivity contribution >= 4 is 0 Å². The summed E-state index contributed by atoms with van der Waals surface area (Å²) in [5.41, 5.74) is 2.89. The normalized spacial score (nSPS) is 11.8. The second kappa shape index (κ2) is 5.97. The van der Waals surface area contributed by atoms with Crippen molar-refractivity contribution in [3.05, 3.63) is 77.6 Å². The van der Waals surface area contributed by atoms with E-state index in [-0.39, 0.29) is 6.04 Å². The highest BCUT2D eigenvalue weighted by Gasteiger charge is 2.16. The first kappa shape index (κ1) is 13.0. The number of benzene rings is 2. The molecule has 0 spiro atoms. The van der Waals surface area contributed by atoms with Crippen LogP contribution in [0.1, 0.15) is 22.7 Å². The highest BCUT2D eigenvalue weighted by atomic mass is 15.6. The van der Waals surface area contributed by atoms with Gasteiger partial charge in [0.2, 0.25) is 0 Å². The van der Waals surface area contributed by atoms with Crippen molar-refractivity contribution in [2.45, 2.75) is 12.5 Å². The lowest BCUT2D eigenvalue weighted by molar-refractivity contribution is 0.448. The van der Waals surface area contributed by atoms with Gasteiger partial charge in [-0.1, -0.05) is 42.5 Å². The maximum Gasteiger partial charge on any atom is 0.162 e. The number of hydrogen-bond acceptors (Lipinski definition) is 4. The molecule has 0 aliphatic carbocycles. The second-order valence-corrected chi connectivity index (χ2v) is 4.70. The molecule has 1 unspecified atom stereocenters. The molecule has 102 valence electrons. The van der Waals surface area contributed by atoms with Crippen molar-refractivity contribution in [3.8, 4) is 6.07 Å². The maximum atomic E-state index is 8.90. The third-order valence-corrected chi connectivity index (χ3v) is 3.34. The molecule has 0 fully saturated rings. The Morgan fingerprint density at radius 2 is 1.81 bits per heavy atom. The smallest absolute Gasteiger partial charge is 0.162 e. The van der Waals surface area contributed by atoms with Gasteiger partial charge in [-0.2, -0.15) is 10.1 Å². The molecule has 3 rings (SSSR count). The lowest BCUT2D eigenvalue weighted by atomic mass is 9.98. The van der Waals surface area contributed by atoms with Crippen LogP contribution in [0.15, 0.2) is 60.9 Å². The monoisotopic (exact) mass is 275 g/mol. The molecule has 5 heteroatoms. The SMILES string of the molecule is N#Cc1ccc(C(Cc2ccccc2)n2ncnn2)cc1. The summed E-state index contributed by atoms with van der Waals surface area (Å²) in [6.45, 7) is 0. The molecule has 0 saturated carbocycles. The van der Waals surface area contributed by atoms with Crippen LogP contribution in [0.25, 0.3) is 0 Å². The summed E-state index contributed by atoms with van der Waals surface area (Å²) in [6.07, 6.45) is 2.20. The minimum Gasteiger partial charge on any atom is -0.192 e. The van der Waals surface area contributed by atoms with Gasteiger partial charge in [0.25, 0.3) is 0 Å². The molecule has 0 aliphatic rings. The van der Waals surface area contributed by atoms with Crippen molar-refractivity contribution in [2.24, 2.45) is 0 Å². The molecular formula is C16H13N5. The Labute approximate surface area is 122 Å². The molecule has 5 nitrogen and oxygen atoms in total. The number of tetrazole rings is 1. The van der Waals surface area contributed by atoms with Gasteiger partial charge in [0.15, 0.2) is 6.33 Å². The molecule has 1 atom stereocenters.